The molecule has 0 saturated heterocycles. The monoisotopic (exact) mass is 513 g/mol. The summed E-state index contributed by atoms with van der Waals surface area (Å²) in [6.45, 7) is 1.92. The molecule has 2 unspecified atom stereocenters. The Morgan fingerprint density at radius 2 is 1.97 bits per heavy atom. The smallest absolute Gasteiger partial charge is 0.209 e. The molecule has 2 aliphatic rings. The molecule has 2 aliphatic carbocycles. The minimum absolute atomic E-state index is 0.108. The maximum atomic E-state index is 12.4. The zero-order valence-electron chi connectivity index (χ0n) is 20.0. The number of halogens is 1. The fourth-order valence-corrected chi connectivity index (χ4v) is 5.78. The number of nitrogens with one attached hydrogen (secondary N) is 1. The third-order valence-electron chi connectivity index (χ3n) is 7.51. The highest BCUT2D eigenvalue weighted by Gasteiger charge is 2.74. The Bertz CT molecular complexity index is 1580. The first-order valence-corrected chi connectivity index (χ1v) is 12.4. The number of fused-ring (bicyclic) bond motifs is 2. The number of hydrogen-bond acceptors (Lipinski definition) is 7. The number of carbonyl (C=O) groups excluding carboxylic acids is 1. The molecule has 2 aromatic carbocycles. The van der Waals surface area contributed by atoms with Crippen LogP contribution in [0.2, 0.25) is 5.02 Å². The summed E-state index contributed by atoms with van der Waals surface area (Å²) in [4.78, 5) is 26.2. The summed E-state index contributed by atoms with van der Waals surface area (Å²) in [7, 11) is 0. The summed E-state index contributed by atoms with van der Waals surface area (Å²) in [5.41, 5.74) is 1.87. The predicted molar refractivity (Wildman–Crippen MR) is 139 cm³/mol. The molecule has 2 saturated carbocycles. The van der Waals surface area contributed by atoms with Gasteiger partial charge in [-0.3, -0.25) is 4.79 Å². The van der Waals surface area contributed by atoms with Crippen molar-refractivity contribution in [2.24, 2.45) is 11.3 Å². The summed E-state index contributed by atoms with van der Waals surface area (Å²) in [5.74, 6) is 6.60. The van der Waals surface area contributed by atoms with Crippen LogP contribution in [0.1, 0.15) is 36.3 Å². The summed E-state index contributed by atoms with van der Waals surface area (Å²) in [5, 5.41) is 25.6. The summed E-state index contributed by atoms with van der Waals surface area (Å²) in [6.07, 6.45) is -0.127. The molecule has 0 bridgehead atoms. The molecular formula is C28H24ClN5O3. The molecule has 2 heterocycles. The van der Waals surface area contributed by atoms with E-state index in [4.69, 9.17) is 11.6 Å². The molecule has 8 nitrogen and oxygen atoms in total. The Labute approximate surface area is 218 Å². The Kier molecular flexibility index (Phi) is 5.72. The van der Waals surface area contributed by atoms with Gasteiger partial charge in [0.25, 0.3) is 0 Å². The van der Waals surface area contributed by atoms with Crippen molar-refractivity contribution in [2.75, 3.05) is 5.32 Å². The summed E-state index contributed by atoms with van der Waals surface area (Å²) >= 11 is 6.14. The lowest BCUT2D eigenvalue weighted by atomic mass is 9.95. The van der Waals surface area contributed by atoms with Gasteiger partial charge in [0, 0.05) is 17.1 Å². The second-order valence-electron chi connectivity index (χ2n) is 9.65. The molecule has 37 heavy (non-hydrogen) atoms. The highest BCUT2D eigenvalue weighted by atomic mass is 35.5. The number of aliphatic hydroxyl groups excluding tert-OH is 2. The van der Waals surface area contributed by atoms with Gasteiger partial charge in [0.05, 0.1) is 23.9 Å². The van der Waals surface area contributed by atoms with Crippen LogP contribution in [0.25, 0.3) is 11.2 Å². The molecule has 186 valence electrons. The molecule has 2 fully saturated rings. The van der Waals surface area contributed by atoms with Crippen LogP contribution in [0.4, 0.5) is 5.82 Å². The number of hydrogen-bond donors (Lipinski definition) is 3. The Hall–Kier alpha value is -3.77. The van der Waals surface area contributed by atoms with Gasteiger partial charge in [0.15, 0.2) is 17.0 Å². The molecule has 0 amide bonds. The lowest BCUT2D eigenvalue weighted by Crippen LogP contribution is -2.36. The Morgan fingerprint density at radius 1 is 1.16 bits per heavy atom. The minimum Gasteiger partial charge on any atom is -0.389 e. The molecule has 3 N–H and O–H groups in total. The average Bonchev–Trinajstić information content (AvgIpc) is 3.44. The number of imidazole rings is 1. The molecule has 2 aromatic heterocycles. The third-order valence-corrected chi connectivity index (χ3v) is 7.75. The maximum Gasteiger partial charge on any atom is 0.209 e. The number of carbonyl (C=O) groups is 1. The van der Waals surface area contributed by atoms with E-state index < -0.39 is 23.7 Å². The van der Waals surface area contributed by atoms with Gasteiger partial charge in [-0.1, -0.05) is 47.9 Å². The van der Waals surface area contributed by atoms with Crippen LogP contribution < -0.4 is 5.32 Å². The predicted octanol–water partition coefficient (Wildman–Crippen LogP) is 3.36. The standard InChI is InChI=1S/C28H24ClN5O3/c1-16(35)28-13-20(28)23(24(36)25(28)37)34-15-31-22-26(30-14-18-8-5-9-19(29)12-18)32-21(33-27(22)34)11-10-17-6-3-2-4-7-17/h2-9,12,15,20,23-25,36-37H,13-14H2,1H3,(H,30,32,33)/t20?,23-,24+,25?,28-/m1/s1. The van der Waals surface area contributed by atoms with E-state index in [9.17, 15) is 15.0 Å². The Morgan fingerprint density at radius 3 is 2.70 bits per heavy atom. The van der Waals surface area contributed by atoms with Crippen molar-refractivity contribution in [3.8, 4) is 11.8 Å². The fourth-order valence-electron chi connectivity index (χ4n) is 5.57. The van der Waals surface area contributed by atoms with E-state index in [-0.39, 0.29) is 17.5 Å². The Balaban J connectivity index is 1.42. The lowest BCUT2D eigenvalue weighted by Gasteiger charge is -2.23. The maximum absolute atomic E-state index is 12.4. The van der Waals surface area contributed by atoms with Crippen LogP contribution in [-0.2, 0) is 11.3 Å². The van der Waals surface area contributed by atoms with Gasteiger partial charge in [-0.25, -0.2) is 15.0 Å². The van der Waals surface area contributed by atoms with Crippen LogP contribution in [0.5, 0.6) is 0 Å². The van der Waals surface area contributed by atoms with Crippen molar-refractivity contribution < 1.29 is 15.0 Å². The molecule has 4 aromatic rings. The van der Waals surface area contributed by atoms with Gasteiger partial charge in [-0.2, -0.15) is 0 Å². The van der Waals surface area contributed by atoms with E-state index in [0.29, 0.717) is 35.0 Å². The summed E-state index contributed by atoms with van der Waals surface area (Å²) < 4.78 is 1.76. The van der Waals surface area contributed by atoms with Crippen molar-refractivity contribution in [1.29, 1.82) is 0 Å². The largest absolute Gasteiger partial charge is 0.389 e. The third kappa shape index (κ3) is 3.96. The van der Waals surface area contributed by atoms with E-state index in [0.717, 1.165) is 11.1 Å². The minimum atomic E-state index is -1.13. The number of Topliss-reactive ketones (excluding diaryl/α,β-unsaturated/α-hetero) is 1. The first kappa shape index (κ1) is 23.6. The van der Waals surface area contributed by atoms with Crippen molar-refractivity contribution >= 4 is 34.4 Å². The van der Waals surface area contributed by atoms with Crippen LogP contribution in [0.15, 0.2) is 60.9 Å². The lowest BCUT2D eigenvalue weighted by molar-refractivity contribution is -0.128. The van der Waals surface area contributed by atoms with Crippen molar-refractivity contribution in [2.45, 2.75) is 38.1 Å². The van der Waals surface area contributed by atoms with Crippen LogP contribution >= 0.6 is 11.6 Å². The molecule has 0 radical (unpaired) electrons. The zero-order chi connectivity index (χ0) is 25.7. The summed E-state index contributed by atoms with van der Waals surface area (Å²) in [6, 6.07) is 16.5. The van der Waals surface area contributed by atoms with Crippen LogP contribution in [0.3, 0.4) is 0 Å². The average molecular weight is 514 g/mol. The van der Waals surface area contributed by atoms with Gasteiger partial charge in [0.2, 0.25) is 5.82 Å². The molecule has 0 aliphatic heterocycles. The fraction of sp³-hybridized carbons (Fsp3) is 0.286. The number of aliphatic hydroxyl groups is 2. The second kappa shape index (κ2) is 8.96. The van der Waals surface area contributed by atoms with Crippen LogP contribution in [-0.4, -0.2) is 47.7 Å². The number of anilines is 1. The van der Waals surface area contributed by atoms with Gasteiger partial charge >= 0.3 is 0 Å². The highest BCUT2D eigenvalue weighted by molar-refractivity contribution is 6.30. The zero-order valence-corrected chi connectivity index (χ0v) is 20.7. The number of nitrogens with zero attached hydrogens (tertiary/aromatic N) is 4. The molecule has 6 rings (SSSR count). The second-order valence-corrected chi connectivity index (χ2v) is 10.1. The van der Waals surface area contributed by atoms with E-state index in [1.807, 2.05) is 54.6 Å². The van der Waals surface area contributed by atoms with E-state index >= 15 is 0 Å². The molecular weight excluding hydrogens is 490 g/mol. The van der Waals surface area contributed by atoms with Crippen molar-refractivity contribution in [1.82, 2.24) is 19.5 Å². The SMILES string of the molecule is CC(=O)[C@]12CC1[C@@H](n1cnc3c(NCc4cccc(Cl)c4)nc(C#Cc4ccccc4)nc31)[C@H](O)C2O. The molecule has 0 spiro atoms. The quantitative estimate of drug-likeness (QED) is 0.351. The number of benzene rings is 2. The first-order valence-electron chi connectivity index (χ1n) is 12.1. The van der Waals surface area contributed by atoms with Crippen molar-refractivity contribution in [3.63, 3.8) is 0 Å². The van der Waals surface area contributed by atoms with Gasteiger partial charge in [0.1, 0.15) is 11.9 Å². The topological polar surface area (TPSA) is 113 Å². The van der Waals surface area contributed by atoms with Crippen LogP contribution in [0, 0.1) is 23.2 Å². The van der Waals surface area contributed by atoms with Gasteiger partial charge < -0.3 is 20.1 Å². The number of aromatic nitrogens is 4. The van der Waals surface area contributed by atoms with Gasteiger partial charge in [-0.15, -0.1) is 0 Å². The van der Waals surface area contributed by atoms with Gasteiger partial charge in [-0.05, 0) is 55.0 Å². The molecule has 9 heteroatoms. The van der Waals surface area contributed by atoms with E-state index in [1.54, 1.807) is 10.9 Å². The van der Waals surface area contributed by atoms with E-state index in [2.05, 4.69) is 32.1 Å². The first-order chi connectivity index (χ1) is 17.9. The number of rotatable bonds is 5. The van der Waals surface area contributed by atoms with Crippen molar-refractivity contribution in [3.05, 3.63) is 82.9 Å². The normalized spacial score (nSPS) is 25.8. The van der Waals surface area contributed by atoms with E-state index in [1.165, 1.54) is 6.92 Å². The highest BCUT2D eigenvalue weighted by Crippen LogP contribution is 2.68. The molecule has 5 atom stereocenters. The number of ketones is 1.